The van der Waals surface area contributed by atoms with E-state index in [2.05, 4.69) is 11.4 Å². The number of nitriles is 1. The fourth-order valence-corrected chi connectivity index (χ4v) is 5.14. The third kappa shape index (κ3) is 3.32. The Bertz CT molecular complexity index is 689. The Balaban J connectivity index is 1.81. The maximum atomic E-state index is 12.7. The zero-order valence-corrected chi connectivity index (χ0v) is 14.5. The standard InChI is InChI=1S/C18H22N2O3S/c19-10-14-11-6-2-1-3-9-15(11)24-17(14)20-16(21)12-7-4-5-8-13(12)18(22)23/h12-13H,1-9H2,(H,20,21)(H,22,23)/t12-,13+/m0/s1. The van der Waals surface area contributed by atoms with Crippen LogP contribution in [0.3, 0.4) is 0 Å². The van der Waals surface area contributed by atoms with Crippen molar-refractivity contribution in [2.75, 3.05) is 5.32 Å². The summed E-state index contributed by atoms with van der Waals surface area (Å²) >= 11 is 1.50. The van der Waals surface area contributed by atoms with E-state index in [1.807, 2.05) is 0 Å². The van der Waals surface area contributed by atoms with E-state index in [9.17, 15) is 20.0 Å². The number of carboxylic acid groups (broad SMARTS) is 1. The first-order valence-electron chi connectivity index (χ1n) is 8.70. The Labute approximate surface area is 145 Å². The number of anilines is 1. The summed E-state index contributed by atoms with van der Waals surface area (Å²) < 4.78 is 0. The molecule has 2 N–H and O–H groups in total. The molecule has 1 fully saturated rings. The van der Waals surface area contributed by atoms with Crippen molar-refractivity contribution in [3.05, 3.63) is 16.0 Å². The summed E-state index contributed by atoms with van der Waals surface area (Å²) in [6, 6.07) is 2.25. The van der Waals surface area contributed by atoms with Crippen LogP contribution in [0.2, 0.25) is 0 Å². The van der Waals surface area contributed by atoms with Crippen LogP contribution in [0.5, 0.6) is 0 Å². The van der Waals surface area contributed by atoms with Crippen molar-refractivity contribution < 1.29 is 14.7 Å². The van der Waals surface area contributed by atoms with Crippen LogP contribution in [0.4, 0.5) is 5.00 Å². The summed E-state index contributed by atoms with van der Waals surface area (Å²) in [7, 11) is 0. The van der Waals surface area contributed by atoms with Crippen molar-refractivity contribution in [3.8, 4) is 6.07 Å². The quantitative estimate of drug-likeness (QED) is 0.816. The summed E-state index contributed by atoms with van der Waals surface area (Å²) in [6.07, 6.45) is 8.14. The molecule has 1 heterocycles. The van der Waals surface area contributed by atoms with Crippen LogP contribution >= 0.6 is 11.3 Å². The number of aliphatic carboxylic acids is 1. The van der Waals surface area contributed by atoms with Crippen LogP contribution < -0.4 is 5.32 Å². The van der Waals surface area contributed by atoms with Gasteiger partial charge in [-0.15, -0.1) is 11.3 Å². The van der Waals surface area contributed by atoms with Crippen molar-refractivity contribution in [2.24, 2.45) is 11.8 Å². The number of hydrogen-bond acceptors (Lipinski definition) is 4. The van der Waals surface area contributed by atoms with Gasteiger partial charge in [-0.3, -0.25) is 9.59 Å². The van der Waals surface area contributed by atoms with Gasteiger partial charge in [-0.1, -0.05) is 19.3 Å². The lowest BCUT2D eigenvalue weighted by Crippen LogP contribution is -2.36. The van der Waals surface area contributed by atoms with Crippen LogP contribution in [0, 0.1) is 23.2 Å². The Hall–Kier alpha value is -1.87. The number of nitrogens with one attached hydrogen (secondary N) is 1. The highest BCUT2D eigenvalue weighted by molar-refractivity contribution is 7.16. The van der Waals surface area contributed by atoms with Crippen LogP contribution in [-0.4, -0.2) is 17.0 Å². The van der Waals surface area contributed by atoms with E-state index in [1.165, 1.54) is 22.6 Å². The average Bonchev–Trinajstić information content (AvgIpc) is 2.74. The Morgan fingerprint density at radius 2 is 1.79 bits per heavy atom. The first-order valence-corrected chi connectivity index (χ1v) is 9.51. The molecule has 0 unspecified atom stereocenters. The predicted molar refractivity (Wildman–Crippen MR) is 92.0 cm³/mol. The van der Waals surface area contributed by atoms with Crippen molar-refractivity contribution in [2.45, 2.75) is 57.8 Å². The summed E-state index contributed by atoms with van der Waals surface area (Å²) in [5.41, 5.74) is 1.68. The number of aryl methyl sites for hydroxylation is 1. The van der Waals surface area contributed by atoms with Crippen LogP contribution in [-0.2, 0) is 22.4 Å². The highest BCUT2D eigenvalue weighted by atomic mass is 32.1. The minimum absolute atomic E-state index is 0.241. The Morgan fingerprint density at radius 3 is 2.50 bits per heavy atom. The van der Waals surface area contributed by atoms with E-state index in [0.29, 0.717) is 23.4 Å². The number of carbonyl (C=O) groups excluding carboxylic acids is 1. The molecule has 128 valence electrons. The molecule has 0 saturated heterocycles. The number of carboxylic acids is 1. The number of amides is 1. The van der Waals surface area contributed by atoms with Gasteiger partial charge in [-0.05, 0) is 44.1 Å². The van der Waals surface area contributed by atoms with E-state index in [1.54, 1.807) is 0 Å². The van der Waals surface area contributed by atoms with Crippen LogP contribution in [0.15, 0.2) is 0 Å². The summed E-state index contributed by atoms with van der Waals surface area (Å²) in [4.78, 5) is 25.3. The summed E-state index contributed by atoms with van der Waals surface area (Å²) in [5.74, 6) is -2.24. The molecule has 0 aromatic carbocycles. The lowest BCUT2D eigenvalue weighted by molar-refractivity contribution is -0.147. The molecule has 1 aromatic rings. The molecule has 1 amide bonds. The molecule has 5 nitrogen and oxygen atoms in total. The minimum atomic E-state index is -0.891. The third-order valence-electron chi connectivity index (χ3n) is 5.19. The third-order valence-corrected chi connectivity index (χ3v) is 6.40. The Morgan fingerprint density at radius 1 is 1.08 bits per heavy atom. The molecule has 2 atom stereocenters. The fraction of sp³-hybridized carbons (Fsp3) is 0.611. The molecule has 6 heteroatoms. The maximum absolute atomic E-state index is 12.7. The maximum Gasteiger partial charge on any atom is 0.307 e. The zero-order chi connectivity index (χ0) is 17.1. The van der Waals surface area contributed by atoms with Gasteiger partial charge in [0, 0.05) is 4.88 Å². The molecule has 24 heavy (non-hydrogen) atoms. The van der Waals surface area contributed by atoms with E-state index in [0.717, 1.165) is 44.1 Å². The van der Waals surface area contributed by atoms with Gasteiger partial charge < -0.3 is 10.4 Å². The largest absolute Gasteiger partial charge is 0.481 e. The first kappa shape index (κ1) is 17.0. The average molecular weight is 346 g/mol. The van der Waals surface area contributed by atoms with Gasteiger partial charge in [0.1, 0.15) is 11.1 Å². The molecule has 2 aliphatic carbocycles. The molecule has 0 bridgehead atoms. The fourth-order valence-electron chi connectivity index (χ4n) is 3.89. The van der Waals surface area contributed by atoms with E-state index < -0.39 is 17.8 Å². The smallest absolute Gasteiger partial charge is 0.307 e. The van der Waals surface area contributed by atoms with Crippen LogP contribution in [0.25, 0.3) is 0 Å². The van der Waals surface area contributed by atoms with Gasteiger partial charge in [-0.2, -0.15) is 5.26 Å². The SMILES string of the molecule is N#Cc1c(NC(=O)[C@H]2CCCC[C@H]2C(=O)O)sc2c1CCCCC2. The molecule has 0 spiro atoms. The van der Waals surface area contributed by atoms with Crippen molar-refractivity contribution >= 4 is 28.2 Å². The van der Waals surface area contributed by atoms with Gasteiger partial charge in [0.25, 0.3) is 0 Å². The highest BCUT2D eigenvalue weighted by Gasteiger charge is 2.36. The topological polar surface area (TPSA) is 90.2 Å². The minimum Gasteiger partial charge on any atom is -0.481 e. The van der Waals surface area contributed by atoms with Gasteiger partial charge in [-0.25, -0.2) is 0 Å². The number of carbonyl (C=O) groups is 2. The lowest BCUT2D eigenvalue weighted by Gasteiger charge is -2.27. The zero-order valence-electron chi connectivity index (χ0n) is 13.6. The number of nitrogens with zero attached hydrogens (tertiary/aromatic N) is 1. The molecule has 1 aromatic heterocycles. The van der Waals surface area contributed by atoms with Gasteiger partial charge in [0.15, 0.2) is 0 Å². The van der Waals surface area contributed by atoms with Crippen molar-refractivity contribution in [1.82, 2.24) is 0 Å². The van der Waals surface area contributed by atoms with E-state index >= 15 is 0 Å². The lowest BCUT2D eigenvalue weighted by atomic mass is 9.79. The van der Waals surface area contributed by atoms with E-state index in [-0.39, 0.29) is 5.91 Å². The number of fused-ring (bicyclic) bond motifs is 1. The number of hydrogen-bond donors (Lipinski definition) is 2. The van der Waals surface area contributed by atoms with Crippen LogP contribution in [0.1, 0.15) is 60.9 Å². The summed E-state index contributed by atoms with van der Waals surface area (Å²) in [5, 5.41) is 22.4. The van der Waals surface area contributed by atoms with E-state index in [4.69, 9.17) is 0 Å². The van der Waals surface area contributed by atoms with Gasteiger partial charge in [0.05, 0.1) is 17.4 Å². The molecular formula is C18H22N2O3S. The highest BCUT2D eigenvalue weighted by Crippen LogP contribution is 2.38. The predicted octanol–water partition coefficient (Wildman–Crippen LogP) is 3.72. The Kier molecular flexibility index (Phi) is 5.20. The second-order valence-electron chi connectivity index (χ2n) is 6.71. The molecule has 0 radical (unpaired) electrons. The second kappa shape index (κ2) is 7.35. The summed E-state index contributed by atoms with van der Waals surface area (Å²) in [6.45, 7) is 0. The number of thiophene rings is 1. The second-order valence-corrected chi connectivity index (χ2v) is 7.81. The van der Waals surface area contributed by atoms with Crippen molar-refractivity contribution in [3.63, 3.8) is 0 Å². The van der Waals surface area contributed by atoms with Gasteiger partial charge in [0.2, 0.25) is 5.91 Å². The molecular weight excluding hydrogens is 324 g/mol. The molecule has 2 aliphatic rings. The first-order chi connectivity index (χ1) is 11.6. The molecule has 1 saturated carbocycles. The van der Waals surface area contributed by atoms with Crippen molar-refractivity contribution in [1.29, 1.82) is 5.26 Å². The normalized spacial score (nSPS) is 23.6. The monoisotopic (exact) mass is 346 g/mol. The number of rotatable bonds is 3. The molecule has 3 rings (SSSR count). The van der Waals surface area contributed by atoms with Gasteiger partial charge >= 0.3 is 5.97 Å². The molecule has 0 aliphatic heterocycles.